The Kier molecular flexibility index (Phi) is 3.70. The molecular weight excluding hydrogens is 226 g/mol. The Balaban J connectivity index is 2.30. The lowest BCUT2D eigenvalue weighted by Gasteiger charge is -2.18. The lowest BCUT2D eigenvalue weighted by Crippen LogP contribution is -2.22. The van der Waals surface area contributed by atoms with Gasteiger partial charge in [0.15, 0.2) is 0 Å². The van der Waals surface area contributed by atoms with E-state index in [0.29, 0.717) is 0 Å². The number of rotatable bonds is 4. The third-order valence-electron chi connectivity index (χ3n) is 3.19. The largest absolute Gasteiger partial charge is 0.461 e. The molecule has 0 bridgehead atoms. The molecule has 0 radical (unpaired) electrons. The molecule has 1 unspecified atom stereocenters. The van der Waals surface area contributed by atoms with Crippen LogP contribution in [0.15, 0.2) is 30.3 Å². The van der Waals surface area contributed by atoms with E-state index < -0.39 is 0 Å². The average Bonchev–Trinajstić information content (AvgIpc) is 2.64. The Hall–Kier alpha value is -1.77. The van der Waals surface area contributed by atoms with Gasteiger partial charge in [0.25, 0.3) is 0 Å². The number of esters is 1. The summed E-state index contributed by atoms with van der Waals surface area (Å²) in [5.74, 6) is -0.212. The molecular formula is C15H19NO2. The highest BCUT2D eigenvalue weighted by Crippen LogP contribution is 2.20. The SMILES string of the molecule is CCC(Cn1c(C)cc2ccccc21)OC(C)=O. The van der Waals surface area contributed by atoms with Crippen molar-refractivity contribution in [1.82, 2.24) is 4.57 Å². The van der Waals surface area contributed by atoms with E-state index in [4.69, 9.17) is 4.74 Å². The maximum Gasteiger partial charge on any atom is 0.302 e. The molecule has 1 aromatic heterocycles. The minimum absolute atomic E-state index is 0.0583. The number of ether oxygens (including phenoxy) is 1. The van der Waals surface area contributed by atoms with E-state index in [0.717, 1.165) is 13.0 Å². The number of hydrogen-bond acceptors (Lipinski definition) is 2. The van der Waals surface area contributed by atoms with E-state index in [2.05, 4.69) is 29.7 Å². The Morgan fingerprint density at radius 2 is 2.11 bits per heavy atom. The number of benzene rings is 1. The maximum atomic E-state index is 11.1. The number of carbonyl (C=O) groups excluding carboxylic acids is 1. The molecule has 0 amide bonds. The van der Waals surface area contributed by atoms with Gasteiger partial charge in [-0.25, -0.2) is 0 Å². The molecule has 3 nitrogen and oxygen atoms in total. The van der Waals surface area contributed by atoms with Gasteiger partial charge in [0.05, 0.1) is 6.54 Å². The van der Waals surface area contributed by atoms with Crippen LogP contribution in [-0.2, 0) is 16.1 Å². The van der Waals surface area contributed by atoms with E-state index in [-0.39, 0.29) is 12.1 Å². The molecule has 1 atom stereocenters. The van der Waals surface area contributed by atoms with Gasteiger partial charge in [-0.2, -0.15) is 0 Å². The molecule has 0 aliphatic heterocycles. The highest BCUT2D eigenvalue weighted by molar-refractivity contribution is 5.81. The third kappa shape index (κ3) is 2.55. The van der Waals surface area contributed by atoms with Crippen LogP contribution in [0.5, 0.6) is 0 Å². The fraction of sp³-hybridized carbons (Fsp3) is 0.400. The van der Waals surface area contributed by atoms with Gasteiger partial charge < -0.3 is 9.30 Å². The van der Waals surface area contributed by atoms with E-state index >= 15 is 0 Å². The number of para-hydroxylation sites is 1. The molecule has 1 heterocycles. The first-order chi connectivity index (χ1) is 8.61. The number of aromatic nitrogens is 1. The predicted molar refractivity (Wildman–Crippen MR) is 72.5 cm³/mol. The van der Waals surface area contributed by atoms with Crippen LogP contribution in [0.3, 0.4) is 0 Å². The Labute approximate surface area is 107 Å². The highest BCUT2D eigenvalue weighted by atomic mass is 16.5. The van der Waals surface area contributed by atoms with Gasteiger partial charge >= 0.3 is 5.97 Å². The van der Waals surface area contributed by atoms with Gasteiger partial charge in [-0.3, -0.25) is 4.79 Å². The van der Waals surface area contributed by atoms with Crippen LogP contribution >= 0.6 is 0 Å². The number of nitrogens with zero attached hydrogens (tertiary/aromatic N) is 1. The van der Waals surface area contributed by atoms with E-state index in [1.807, 2.05) is 19.1 Å². The first-order valence-corrected chi connectivity index (χ1v) is 6.34. The van der Waals surface area contributed by atoms with Crippen molar-refractivity contribution >= 4 is 16.9 Å². The van der Waals surface area contributed by atoms with Gasteiger partial charge in [0, 0.05) is 18.1 Å². The van der Waals surface area contributed by atoms with Gasteiger partial charge in [-0.05, 0) is 30.9 Å². The highest BCUT2D eigenvalue weighted by Gasteiger charge is 2.13. The van der Waals surface area contributed by atoms with Gasteiger partial charge in [-0.15, -0.1) is 0 Å². The number of hydrogen-bond donors (Lipinski definition) is 0. The van der Waals surface area contributed by atoms with Crippen molar-refractivity contribution in [1.29, 1.82) is 0 Å². The zero-order valence-electron chi connectivity index (χ0n) is 11.1. The van der Waals surface area contributed by atoms with Crippen LogP contribution < -0.4 is 0 Å². The van der Waals surface area contributed by atoms with Crippen molar-refractivity contribution < 1.29 is 9.53 Å². The summed E-state index contributed by atoms with van der Waals surface area (Å²) in [7, 11) is 0. The summed E-state index contributed by atoms with van der Waals surface area (Å²) in [4.78, 5) is 11.1. The molecule has 0 spiro atoms. The zero-order chi connectivity index (χ0) is 13.1. The summed E-state index contributed by atoms with van der Waals surface area (Å²) in [6, 6.07) is 10.4. The van der Waals surface area contributed by atoms with Gasteiger partial charge in [-0.1, -0.05) is 25.1 Å². The van der Waals surface area contributed by atoms with Crippen LogP contribution in [0.25, 0.3) is 10.9 Å². The normalized spacial score (nSPS) is 12.6. The Bertz CT molecular complexity index is 557. The third-order valence-corrected chi connectivity index (χ3v) is 3.19. The molecule has 0 aliphatic carbocycles. The van der Waals surface area contributed by atoms with Crippen molar-refractivity contribution in [3.8, 4) is 0 Å². The molecule has 96 valence electrons. The minimum Gasteiger partial charge on any atom is -0.461 e. The molecule has 2 aromatic rings. The first-order valence-electron chi connectivity index (χ1n) is 6.34. The summed E-state index contributed by atoms with van der Waals surface area (Å²) in [6.45, 7) is 6.30. The van der Waals surface area contributed by atoms with Crippen molar-refractivity contribution in [2.24, 2.45) is 0 Å². The first kappa shape index (κ1) is 12.7. The van der Waals surface area contributed by atoms with E-state index in [9.17, 15) is 4.79 Å². The lowest BCUT2D eigenvalue weighted by molar-refractivity contribution is -0.147. The minimum atomic E-state index is -0.212. The Morgan fingerprint density at radius 1 is 1.39 bits per heavy atom. The molecule has 2 rings (SSSR count). The van der Waals surface area contributed by atoms with Crippen molar-refractivity contribution in [2.75, 3.05) is 0 Å². The van der Waals surface area contributed by atoms with E-state index in [1.54, 1.807) is 0 Å². The topological polar surface area (TPSA) is 31.2 Å². The second kappa shape index (κ2) is 5.25. The van der Waals surface area contributed by atoms with Gasteiger partial charge in [0.2, 0.25) is 0 Å². The van der Waals surface area contributed by atoms with E-state index in [1.165, 1.54) is 23.5 Å². The van der Waals surface area contributed by atoms with Crippen molar-refractivity contribution in [3.05, 3.63) is 36.0 Å². The second-order valence-electron chi connectivity index (χ2n) is 4.59. The van der Waals surface area contributed by atoms with Crippen molar-refractivity contribution in [3.63, 3.8) is 0 Å². The molecule has 18 heavy (non-hydrogen) atoms. The lowest BCUT2D eigenvalue weighted by atomic mass is 10.2. The van der Waals surface area contributed by atoms with Crippen LogP contribution in [0.2, 0.25) is 0 Å². The predicted octanol–water partition coefficient (Wildman–Crippen LogP) is 3.29. The monoisotopic (exact) mass is 245 g/mol. The second-order valence-corrected chi connectivity index (χ2v) is 4.59. The number of aryl methyl sites for hydroxylation is 1. The smallest absolute Gasteiger partial charge is 0.302 e. The summed E-state index contributed by atoms with van der Waals surface area (Å²) >= 11 is 0. The van der Waals surface area contributed by atoms with Crippen LogP contribution in [0.1, 0.15) is 26.0 Å². The maximum absolute atomic E-state index is 11.1. The molecule has 0 saturated heterocycles. The fourth-order valence-corrected chi connectivity index (χ4v) is 2.28. The number of carbonyl (C=O) groups is 1. The number of fused-ring (bicyclic) bond motifs is 1. The van der Waals surface area contributed by atoms with Gasteiger partial charge in [0.1, 0.15) is 6.10 Å². The summed E-state index contributed by atoms with van der Waals surface area (Å²) < 4.78 is 7.53. The zero-order valence-corrected chi connectivity index (χ0v) is 11.1. The summed E-state index contributed by atoms with van der Waals surface area (Å²) in [5, 5.41) is 1.23. The van der Waals surface area contributed by atoms with Crippen LogP contribution in [-0.4, -0.2) is 16.6 Å². The molecule has 0 N–H and O–H groups in total. The molecule has 1 aromatic carbocycles. The Morgan fingerprint density at radius 3 is 2.78 bits per heavy atom. The fourth-order valence-electron chi connectivity index (χ4n) is 2.28. The summed E-state index contributed by atoms with van der Waals surface area (Å²) in [6.07, 6.45) is 0.767. The quantitative estimate of drug-likeness (QED) is 0.774. The molecule has 3 heteroatoms. The van der Waals surface area contributed by atoms with Crippen molar-refractivity contribution in [2.45, 2.75) is 39.8 Å². The average molecular weight is 245 g/mol. The molecule has 0 saturated carbocycles. The van der Waals surface area contributed by atoms with Crippen LogP contribution in [0.4, 0.5) is 0 Å². The standard InChI is InChI=1S/C15H19NO2/c1-4-14(18-12(3)17)10-16-11(2)9-13-7-5-6-8-15(13)16/h5-9,14H,4,10H2,1-3H3. The summed E-state index contributed by atoms with van der Waals surface area (Å²) in [5.41, 5.74) is 2.39. The molecule has 0 fully saturated rings. The molecule has 0 aliphatic rings. The van der Waals surface area contributed by atoms with Crippen LogP contribution in [0, 0.1) is 6.92 Å².